The van der Waals surface area contributed by atoms with Gasteiger partial charge in [0.1, 0.15) is 0 Å². The third-order valence-corrected chi connectivity index (χ3v) is 2.84. The third-order valence-electron chi connectivity index (χ3n) is 2.84. The van der Waals surface area contributed by atoms with Crippen molar-refractivity contribution in [1.82, 2.24) is 30.4 Å². The molecule has 1 atom stereocenters. The van der Waals surface area contributed by atoms with E-state index in [0.717, 1.165) is 11.3 Å². The summed E-state index contributed by atoms with van der Waals surface area (Å²) in [5.41, 5.74) is 1.96. The van der Waals surface area contributed by atoms with Crippen LogP contribution in [0.25, 0.3) is 5.69 Å². The van der Waals surface area contributed by atoms with Crippen LogP contribution in [0.2, 0.25) is 0 Å². The van der Waals surface area contributed by atoms with Crippen LogP contribution in [0.1, 0.15) is 18.5 Å². The molecular weight excluding hydrogens is 242 g/mol. The number of nitrogens with zero attached hydrogens (tertiary/aromatic N) is 5. The molecule has 19 heavy (non-hydrogen) atoms. The fourth-order valence-electron chi connectivity index (χ4n) is 1.79. The molecule has 0 bridgehead atoms. The number of H-pyrrole nitrogens is 1. The lowest BCUT2D eigenvalue weighted by Gasteiger charge is -2.12. The zero-order chi connectivity index (χ0) is 13.1. The number of aromatic nitrogens is 6. The van der Waals surface area contributed by atoms with Gasteiger partial charge in [0, 0.05) is 11.8 Å². The summed E-state index contributed by atoms with van der Waals surface area (Å²) in [6.07, 6.45) is 3.61. The average Bonchev–Trinajstić information content (AvgIpc) is 3.11. The fraction of sp³-hybridized carbons (Fsp3) is 0.167. The van der Waals surface area contributed by atoms with Crippen LogP contribution in [0, 0.1) is 0 Å². The lowest BCUT2D eigenvalue weighted by Crippen LogP contribution is -2.11. The summed E-state index contributed by atoms with van der Waals surface area (Å²) in [6.45, 7) is 2.02. The number of anilines is 1. The molecule has 7 nitrogen and oxygen atoms in total. The summed E-state index contributed by atoms with van der Waals surface area (Å²) >= 11 is 0. The first-order chi connectivity index (χ1) is 9.34. The van der Waals surface area contributed by atoms with E-state index in [-0.39, 0.29) is 6.04 Å². The van der Waals surface area contributed by atoms with Crippen LogP contribution in [0.15, 0.2) is 42.7 Å². The molecule has 0 aliphatic heterocycles. The molecule has 2 heterocycles. The van der Waals surface area contributed by atoms with Gasteiger partial charge in [0.05, 0.1) is 17.9 Å². The van der Waals surface area contributed by atoms with E-state index in [1.807, 2.05) is 43.5 Å². The SMILES string of the molecule is CC(Nc1nnnn1-c1ccccc1)c1cn[nH]c1. The van der Waals surface area contributed by atoms with Crippen LogP contribution in [0.5, 0.6) is 0 Å². The van der Waals surface area contributed by atoms with Gasteiger partial charge < -0.3 is 5.32 Å². The average molecular weight is 255 g/mol. The van der Waals surface area contributed by atoms with E-state index in [2.05, 4.69) is 31.0 Å². The Morgan fingerprint density at radius 1 is 1.26 bits per heavy atom. The van der Waals surface area contributed by atoms with Gasteiger partial charge in [-0.2, -0.15) is 9.78 Å². The second-order valence-corrected chi connectivity index (χ2v) is 4.15. The second kappa shape index (κ2) is 4.89. The van der Waals surface area contributed by atoms with Gasteiger partial charge in [0.2, 0.25) is 5.95 Å². The molecule has 1 unspecified atom stereocenters. The lowest BCUT2D eigenvalue weighted by molar-refractivity contribution is 0.781. The predicted molar refractivity (Wildman–Crippen MR) is 69.8 cm³/mol. The quantitative estimate of drug-likeness (QED) is 0.739. The molecule has 2 N–H and O–H groups in total. The van der Waals surface area contributed by atoms with Gasteiger partial charge in [-0.3, -0.25) is 5.10 Å². The zero-order valence-electron chi connectivity index (χ0n) is 10.4. The maximum absolute atomic E-state index is 4.00. The molecule has 1 aromatic carbocycles. The number of aromatic amines is 1. The number of benzene rings is 1. The van der Waals surface area contributed by atoms with E-state index in [1.54, 1.807) is 10.9 Å². The summed E-state index contributed by atoms with van der Waals surface area (Å²) in [7, 11) is 0. The van der Waals surface area contributed by atoms with Crippen molar-refractivity contribution in [3.05, 3.63) is 48.3 Å². The van der Waals surface area contributed by atoms with E-state index >= 15 is 0 Å². The summed E-state index contributed by atoms with van der Waals surface area (Å²) < 4.78 is 1.66. The zero-order valence-corrected chi connectivity index (χ0v) is 10.4. The first-order valence-electron chi connectivity index (χ1n) is 5.93. The smallest absolute Gasteiger partial charge is 0.248 e. The number of para-hydroxylation sites is 1. The van der Waals surface area contributed by atoms with Gasteiger partial charge in [-0.1, -0.05) is 23.3 Å². The van der Waals surface area contributed by atoms with E-state index in [0.29, 0.717) is 5.95 Å². The maximum atomic E-state index is 4.00. The van der Waals surface area contributed by atoms with Crippen molar-refractivity contribution in [2.75, 3.05) is 5.32 Å². The van der Waals surface area contributed by atoms with E-state index in [1.165, 1.54) is 0 Å². The maximum Gasteiger partial charge on any atom is 0.248 e. The number of rotatable bonds is 4. The van der Waals surface area contributed by atoms with Gasteiger partial charge in [0.15, 0.2) is 0 Å². The third kappa shape index (κ3) is 2.30. The molecule has 0 fully saturated rings. The highest BCUT2D eigenvalue weighted by atomic mass is 15.6. The van der Waals surface area contributed by atoms with Gasteiger partial charge in [-0.15, -0.1) is 0 Å². The highest BCUT2D eigenvalue weighted by Gasteiger charge is 2.12. The van der Waals surface area contributed by atoms with Crippen molar-refractivity contribution >= 4 is 5.95 Å². The standard InChI is InChI=1S/C12H13N7/c1-9(10-7-13-14-8-10)15-12-16-17-18-19(12)11-5-3-2-4-6-11/h2-9H,1H3,(H,13,14)(H,15,16,18). The Kier molecular flexibility index (Phi) is 2.93. The van der Waals surface area contributed by atoms with Crippen LogP contribution >= 0.6 is 0 Å². The largest absolute Gasteiger partial charge is 0.346 e. The summed E-state index contributed by atoms with van der Waals surface area (Å²) in [4.78, 5) is 0. The van der Waals surface area contributed by atoms with Crippen molar-refractivity contribution < 1.29 is 0 Å². The van der Waals surface area contributed by atoms with Crippen LogP contribution in [-0.2, 0) is 0 Å². The first-order valence-corrected chi connectivity index (χ1v) is 5.93. The highest BCUT2D eigenvalue weighted by Crippen LogP contribution is 2.17. The molecule has 3 rings (SSSR count). The molecule has 7 heteroatoms. The summed E-state index contributed by atoms with van der Waals surface area (Å²) in [5.74, 6) is 0.597. The molecular formula is C12H13N7. The number of nitrogens with one attached hydrogen (secondary N) is 2. The number of hydrogen-bond donors (Lipinski definition) is 2. The van der Waals surface area contributed by atoms with E-state index in [9.17, 15) is 0 Å². The van der Waals surface area contributed by atoms with Crippen molar-refractivity contribution in [1.29, 1.82) is 0 Å². The van der Waals surface area contributed by atoms with Crippen LogP contribution < -0.4 is 5.32 Å². The second-order valence-electron chi connectivity index (χ2n) is 4.15. The Morgan fingerprint density at radius 3 is 2.84 bits per heavy atom. The molecule has 0 radical (unpaired) electrons. The van der Waals surface area contributed by atoms with Gasteiger partial charge in [0.25, 0.3) is 0 Å². The normalized spacial score (nSPS) is 12.3. The fourth-order valence-corrected chi connectivity index (χ4v) is 1.79. The Balaban J connectivity index is 1.85. The first kappa shape index (κ1) is 11.4. The monoisotopic (exact) mass is 255 g/mol. The van der Waals surface area contributed by atoms with Crippen LogP contribution in [0.3, 0.4) is 0 Å². The summed E-state index contributed by atoms with van der Waals surface area (Å²) in [5, 5.41) is 21.7. The minimum Gasteiger partial charge on any atom is -0.346 e. The van der Waals surface area contributed by atoms with Crippen molar-refractivity contribution in [3.63, 3.8) is 0 Å². The number of tetrazole rings is 1. The molecule has 2 aromatic heterocycles. The Morgan fingerprint density at radius 2 is 2.11 bits per heavy atom. The Hall–Kier alpha value is -2.70. The lowest BCUT2D eigenvalue weighted by atomic mass is 10.2. The minimum atomic E-state index is 0.0622. The highest BCUT2D eigenvalue weighted by molar-refractivity contribution is 5.39. The van der Waals surface area contributed by atoms with Gasteiger partial charge in [-0.05, 0) is 29.5 Å². The molecule has 96 valence electrons. The molecule has 0 aliphatic carbocycles. The number of hydrogen-bond acceptors (Lipinski definition) is 5. The van der Waals surface area contributed by atoms with Gasteiger partial charge >= 0.3 is 0 Å². The molecule has 0 amide bonds. The summed E-state index contributed by atoms with van der Waals surface area (Å²) in [6, 6.07) is 9.80. The van der Waals surface area contributed by atoms with Gasteiger partial charge in [-0.25, -0.2) is 0 Å². The van der Waals surface area contributed by atoms with Crippen molar-refractivity contribution in [3.8, 4) is 5.69 Å². The molecule has 3 aromatic rings. The molecule has 0 spiro atoms. The minimum absolute atomic E-state index is 0.0622. The topological polar surface area (TPSA) is 84.3 Å². The van der Waals surface area contributed by atoms with Crippen LogP contribution in [0.4, 0.5) is 5.95 Å². The van der Waals surface area contributed by atoms with E-state index < -0.39 is 0 Å². The molecule has 0 saturated heterocycles. The molecule has 0 aliphatic rings. The van der Waals surface area contributed by atoms with Crippen LogP contribution in [-0.4, -0.2) is 30.4 Å². The van der Waals surface area contributed by atoms with Crippen molar-refractivity contribution in [2.24, 2.45) is 0 Å². The van der Waals surface area contributed by atoms with E-state index in [4.69, 9.17) is 0 Å². The Labute approximate surface area is 109 Å². The van der Waals surface area contributed by atoms with Crippen molar-refractivity contribution in [2.45, 2.75) is 13.0 Å². The molecule has 0 saturated carbocycles. The predicted octanol–water partition coefficient (Wildman–Crippen LogP) is 1.56. The Bertz CT molecular complexity index is 629.